The normalized spacial score (nSPS) is 13.2. The van der Waals surface area contributed by atoms with Crippen LogP contribution in [0.5, 0.6) is 0 Å². The zero-order valence-corrected chi connectivity index (χ0v) is 10.5. The van der Waals surface area contributed by atoms with Crippen molar-refractivity contribution in [2.24, 2.45) is 0 Å². The van der Waals surface area contributed by atoms with E-state index in [4.69, 9.17) is 4.42 Å². The van der Waals surface area contributed by atoms with Crippen LogP contribution in [0.1, 0.15) is 34.4 Å². The summed E-state index contributed by atoms with van der Waals surface area (Å²) in [6.07, 6.45) is 1.09. The largest absolute Gasteiger partial charge is 0.458 e. The van der Waals surface area contributed by atoms with Gasteiger partial charge in [-0.3, -0.25) is 9.59 Å². The summed E-state index contributed by atoms with van der Waals surface area (Å²) in [4.78, 5) is 23.5. The van der Waals surface area contributed by atoms with Gasteiger partial charge in [0.05, 0.1) is 6.42 Å². The van der Waals surface area contributed by atoms with Crippen LogP contribution in [-0.2, 0) is 17.6 Å². The van der Waals surface area contributed by atoms with Crippen LogP contribution in [0.3, 0.4) is 0 Å². The number of rotatable bonds is 3. The third-order valence-electron chi connectivity index (χ3n) is 3.23. The minimum Gasteiger partial charge on any atom is -0.458 e. The van der Waals surface area contributed by atoms with Gasteiger partial charge in [-0.2, -0.15) is 0 Å². The van der Waals surface area contributed by atoms with E-state index in [-0.39, 0.29) is 11.7 Å². The Labute approximate surface area is 110 Å². The maximum Gasteiger partial charge on any atom is 0.228 e. The van der Waals surface area contributed by atoms with Crippen molar-refractivity contribution in [3.05, 3.63) is 53.0 Å². The summed E-state index contributed by atoms with van der Waals surface area (Å²) in [6, 6.07) is 8.73. The first-order valence-electron chi connectivity index (χ1n) is 6.23. The molecule has 0 fully saturated rings. The first kappa shape index (κ1) is 11.7. The Morgan fingerprint density at radius 1 is 1.32 bits per heavy atom. The van der Waals surface area contributed by atoms with Crippen molar-refractivity contribution in [1.82, 2.24) is 0 Å². The summed E-state index contributed by atoms with van der Waals surface area (Å²) in [6.45, 7) is 1.97. The summed E-state index contributed by atoms with van der Waals surface area (Å²) >= 11 is 0. The molecule has 0 bridgehead atoms. The molecule has 0 unspecified atom stereocenters. The first-order valence-corrected chi connectivity index (χ1v) is 6.23. The maximum absolute atomic E-state index is 12.3. The smallest absolute Gasteiger partial charge is 0.228 e. The van der Waals surface area contributed by atoms with Crippen LogP contribution in [-0.4, -0.2) is 11.7 Å². The number of anilines is 1. The number of fused-ring (bicyclic) bond motifs is 1. The lowest BCUT2D eigenvalue weighted by atomic mass is 10.0. The van der Waals surface area contributed by atoms with Gasteiger partial charge >= 0.3 is 0 Å². The van der Waals surface area contributed by atoms with Gasteiger partial charge in [-0.05, 0) is 35.9 Å². The molecular weight excluding hydrogens is 242 g/mol. The second-order valence-electron chi connectivity index (χ2n) is 4.55. The molecule has 4 nitrogen and oxygen atoms in total. The van der Waals surface area contributed by atoms with Gasteiger partial charge in [0, 0.05) is 17.7 Å². The lowest BCUT2D eigenvalue weighted by Gasteiger charge is -2.01. The predicted molar refractivity (Wildman–Crippen MR) is 70.3 cm³/mol. The second kappa shape index (κ2) is 4.39. The van der Waals surface area contributed by atoms with Crippen molar-refractivity contribution in [2.45, 2.75) is 19.8 Å². The molecule has 0 atom stereocenters. The highest BCUT2D eigenvalue weighted by molar-refractivity contribution is 6.08. The molecule has 0 aliphatic carbocycles. The van der Waals surface area contributed by atoms with Crippen LogP contribution in [0.25, 0.3) is 0 Å². The van der Waals surface area contributed by atoms with Gasteiger partial charge in [-0.25, -0.2) is 0 Å². The Balaban J connectivity index is 1.92. The molecule has 0 saturated carbocycles. The molecule has 19 heavy (non-hydrogen) atoms. The molecule has 1 N–H and O–H groups in total. The summed E-state index contributed by atoms with van der Waals surface area (Å²) in [5.41, 5.74) is 2.20. The second-order valence-corrected chi connectivity index (χ2v) is 4.55. The predicted octanol–water partition coefficient (Wildman–Crippen LogP) is 2.57. The number of furan rings is 1. The molecule has 96 valence electrons. The highest BCUT2D eigenvalue weighted by Gasteiger charge is 2.20. The van der Waals surface area contributed by atoms with Crippen molar-refractivity contribution in [3.8, 4) is 0 Å². The zero-order valence-electron chi connectivity index (χ0n) is 10.5. The highest BCUT2D eigenvalue weighted by Crippen LogP contribution is 2.25. The molecule has 0 saturated heterocycles. The number of carbonyl (C=O) groups is 2. The van der Waals surface area contributed by atoms with Crippen molar-refractivity contribution in [1.29, 1.82) is 0 Å². The lowest BCUT2D eigenvalue weighted by Crippen LogP contribution is -2.03. The topological polar surface area (TPSA) is 59.3 Å². The Morgan fingerprint density at radius 2 is 2.16 bits per heavy atom. The minimum atomic E-state index is -0.151. The molecule has 1 aromatic heterocycles. The van der Waals surface area contributed by atoms with Gasteiger partial charge in [0.2, 0.25) is 11.7 Å². The molecule has 3 rings (SSSR count). The summed E-state index contributed by atoms with van der Waals surface area (Å²) < 4.78 is 5.46. The molecule has 0 radical (unpaired) electrons. The molecule has 2 heterocycles. The van der Waals surface area contributed by atoms with E-state index in [2.05, 4.69) is 5.32 Å². The van der Waals surface area contributed by atoms with E-state index in [1.165, 1.54) is 0 Å². The molecule has 4 heteroatoms. The number of hydrogen-bond acceptors (Lipinski definition) is 3. The van der Waals surface area contributed by atoms with E-state index in [1.54, 1.807) is 24.3 Å². The zero-order chi connectivity index (χ0) is 13.4. The van der Waals surface area contributed by atoms with Crippen molar-refractivity contribution < 1.29 is 14.0 Å². The summed E-state index contributed by atoms with van der Waals surface area (Å²) in [5.74, 6) is 0.947. The summed E-state index contributed by atoms with van der Waals surface area (Å²) in [7, 11) is 0. The number of benzene rings is 1. The third kappa shape index (κ3) is 2.05. The van der Waals surface area contributed by atoms with Gasteiger partial charge in [0.15, 0.2) is 5.76 Å². The van der Waals surface area contributed by atoms with Crippen molar-refractivity contribution in [2.75, 3.05) is 5.32 Å². The van der Waals surface area contributed by atoms with Crippen LogP contribution >= 0.6 is 0 Å². The molecule has 1 amide bonds. The average molecular weight is 255 g/mol. The SMILES string of the molecule is CCc1ccc(C(=O)c2ccc3c(c2)CC(=O)N3)o1. The fraction of sp³-hybridized carbons (Fsp3) is 0.200. The van der Waals surface area contributed by atoms with E-state index in [9.17, 15) is 9.59 Å². The Morgan fingerprint density at radius 3 is 2.89 bits per heavy atom. The van der Waals surface area contributed by atoms with E-state index in [1.807, 2.05) is 13.0 Å². The number of hydrogen-bond donors (Lipinski definition) is 1. The molecule has 2 aromatic rings. The molecule has 0 spiro atoms. The number of carbonyl (C=O) groups excluding carboxylic acids is 2. The van der Waals surface area contributed by atoms with Crippen LogP contribution in [0.2, 0.25) is 0 Å². The third-order valence-corrected chi connectivity index (χ3v) is 3.23. The standard InChI is InChI=1S/C15H13NO3/c1-2-11-4-6-13(19-11)15(18)9-3-5-12-10(7-9)8-14(17)16-12/h3-7H,2,8H2,1H3,(H,16,17). The molecule has 1 aromatic carbocycles. The van der Waals surface area contributed by atoms with Gasteiger partial charge in [0.1, 0.15) is 5.76 Å². The van der Waals surface area contributed by atoms with Gasteiger partial charge in [-0.15, -0.1) is 0 Å². The van der Waals surface area contributed by atoms with E-state index < -0.39 is 0 Å². The first-order chi connectivity index (χ1) is 9.17. The van der Waals surface area contributed by atoms with E-state index >= 15 is 0 Å². The Hall–Kier alpha value is -2.36. The van der Waals surface area contributed by atoms with E-state index in [0.717, 1.165) is 23.4 Å². The Bertz CT molecular complexity index is 670. The highest BCUT2D eigenvalue weighted by atomic mass is 16.3. The number of ketones is 1. The van der Waals surface area contributed by atoms with Crippen molar-refractivity contribution >= 4 is 17.4 Å². The molecule has 1 aliphatic rings. The molecular formula is C15H13NO3. The minimum absolute atomic E-state index is 0.0362. The average Bonchev–Trinajstić information content (AvgIpc) is 3.01. The number of aryl methyl sites for hydroxylation is 1. The number of amides is 1. The monoisotopic (exact) mass is 255 g/mol. The lowest BCUT2D eigenvalue weighted by molar-refractivity contribution is -0.115. The van der Waals surface area contributed by atoms with Crippen molar-refractivity contribution in [3.63, 3.8) is 0 Å². The van der Waals surface area contributed by atoms with Crippen LogP contribution in [0, 0.1) is 0 Å². The maximum atomic E-state index is 12.3. The fourth-order valence-electron chi connectivity index (χ4n) is 2.20. The number of nitrogens with one attached hydrogen (secondary N) is 1. The van der Waals surface area contributed by atoms with Crippen LogP contribution in [0.15, 0.2) is 34.7 Å². The van der Waals surface area contributed by atoms with E-state index in [0.29, 0.717) is 17.7 Å². The van der Waals surface area contributed by atoms with Gasteiger partial charge in [-0.1, -0.05) is 6.92 Å². The van der Waals surface area contributed by atoms with Gasteiger partial charge < -0.3 is 9.73 Å². The van der Waals surface area contributed by atoms with Crippen LogP contribution in [0.4, 0.5) is 5.69 Å². The Kier molecular flexibility index (Phi) is 2.71. The molecule has 1 aliphatic heterocycles. The van der Waals surface area contributed by atoms with Gasteiger partial charge in [0.25, 0.3) is 0 Å². The summed E-state index contributed by atoms with van der Waals surface area (Å²) in [5, 5.41) is 2.74. The van der Waals surface area contributed by atoms with Crippen LogP contribution < -0.4 is 5.32 Å². The quantitative estimate of drug-likeness (QED) is 0.857. The fourth-order valence-corrected chi connectivity index (χ4v) is 2.20.